The van der Waals surface area contributed by atoms with E-state index in [0.717, 1.165) is 16.5 Å². The number of hydrogen-bond acceptors (Lipinski definition) is 4. The van der Waals surface area contributed by atoms with Crippen molar-refractivity contribution in [3.05, 3.63) is 93.8 Å². The van der Waals surface area contributed by atoms with Crippen molar-refractivity contribution in [3.8, 4) is 16.9 Å². The number of benzene rings is 3. The third-order valence-electron chi connectivity index (χ3n) is 4.68. The molecule has 0 aliphatic rings. The zero-order valence-corrected chi connectivity index (χ0v) is 16.9. The highest BCUT2D eigenvalue weighted by molar-refractivity contribution is 6.30. The Morgan fingerprint density at radius 1 is 1.03 bits per heavy atom. The van der Waals surface area contributed by atoms with Crippen LogP contribution in [0, 0.1) is 6.92 Å². The minimum absolute atomic E-state index is 0.183. The molecule has 0 saturated heterocycles. The molecule has 1 amide bonds. The lowest BCUT2D eigenvalue weighted by Crippen LogP contribution is -2.20. The molecular weight excluding hydrogens is 402 g/mol. The molecule has 1 heterocycles. The number of ether oxygens (including phenoxy) is 1. The molecule has 0 unspecified atom stereocenters. The van der Waals surface area contributed by atoms with Gasteiger partial charge in [0.05, 0.1) is 0 Å². The lowest BCUT2D eigenvalue weighted by Gasteiger charge is -2.12. The van der Waals surface area contributed by atoms with Gasteiger partial charge < -0.3 is 14.5 Å². The molecule has 5 nitrogen and oxygen atoms in total. The van der Waals surface area contributed by atoms with Crippen LogP contribution in [0.15, 0.2) is 82.0 Å². The standard InChI is InChI=1S/C24H18ClNO4/c1-15-21(29-14-22(27)26-18-9-7-17(25)8-10-18)12-11-19-20(13-23(28)30-24(15)19)16-5-3-2-4-6-16/h2-13H,14H2,1H3,(H,26,27). The SMILES string of the molecule is Cc1c(OCC(=O)Nc2ccc(Cl)cc2)ccc2c(-c3ccccc3)cc(=O)oc12. The van der Waals surface area contributed by atoms with Gasteiger partial charge in [0.1, 0.15) is 11.3 Å². The summed E-state index contributed by atoms with van der Waals surface area (Å²) >= 11 is 5.85. The number of anilines is 1. The van der Waals surface area contributed by atoms with Gasteiger partial charge in [0.2, 0.25) is 0 Å². The van der Waals surface area contributed by atoms with Crippen LogP contribution in [-0.4, -0.2) is 12.5 Å². The smallest absolute Gasteiger partial charge is 0.336 e. The molecular formula is C24H18ClNO4. The Morgan fingerprint density at radius 3 is 2.50 bits per heavy atom. The van der Waals surface area contributed by atoms with E-state index < -0.39 is 5.63 Å². The second-order valence-electron chi connectivity index (χ2n) is 6.75. The molecule has 1 aromatic heterocycles. The van der Waals surface area contributed by atoms with Gasteiger partial charge in [-0.2, -0.15) is 0 Å². The molecule has 0 saturated carbocycles. The zero-order valence-electron chi connectivity index (χ0n) is 16.1. The van der Waals surface area contributed by atoms with Gasteiger partial charge in [0.15, 0.2) is 6.61 Å². The van der Waals surface area contributed by atoms with Crippen LogP contribution in [0.3, 0.4) is 0 Å². The van der Waals surface area contributed by atoms with Crippen molar-refractivity contribution in [1.82, 2.24) is 0 Å². The van der Waals surface area contributed by atoms with Crippen molar-refractivity contribution in [1.29, 1.82) is 0 Å². The summed E-state index contributed by atoms with van der Waals surface area (Å²) in [5, 5.41) is 4.13. The molecule has 0 aliphatic heterocycles. The lowest BCUT2D eigenvalue weighted by atomic mass is 10.0. The third-order valence-corrected chi connectivity index (χ3v) is 4.93. The average molecular weight is 420 g/mol. The zero-order chi connectivity index (χ0) is 21.1. The van der Waals surface area contributed by atoms with E-state index >= 15 is 0 Å². The Kier molecular flexibility index (Phi) is 5.55. The first-order chi connectivity index (χ1) is 14.5. The Balaban J connectivity index is 1.58. The van der Waals surface area contributed by atoms with E-state index in [1.54, 1.807) is 37.3 Å². The van der Waals surface area contributed by atoms with Crippen LogP contribution in [0.4, 0.5) is 5.69 Å². The topological polar surface area (TPSA) is 68.5 Å². The average Bonchev–Trinajstić information content (AvgIpc) is 2.75. The minimum Gasteiger partial charge on any atom is -0.483 e. The van der Waals surface area contributed by atoms with Gasteiger partial charge >= 0.3 is 5.63 Å². The molecule has 0 atom stereocenters. The number of amides is 1. The fraction of sp³-hybridized carbons (Fsp3) is 0.0833. The number of carbonyl (C=O) groups excluding carboxylic acids is 1. The highest BCUT2D eigenvalue weighted by atomic mass is 35.5. The summed E-state index contributed by atoms with van der Waals surface area (Å²) in [6.45, 7) is 1.62. The lowest BCUT2D eigenvalue weighted by molar-refractivity contribution is -0.118. The van der Waals surface area contributed by atoms with E-state index in [1.165, 1.54) is 6.07 Å². The quantitative estimate of drug-likeness (QED) is 0.437. The van der Waals surface area contributed by atoms with Crippen LogP contribution >= 0.6 is 11.6 Å². The van der Waals surface area contributed by atoms with Crippen molar-refractivity contribution < 1.29 is 13.9 Å². The molecule has 4 aromatic rings. The van der Waals surface area contributed by atoms with Crippen molar-refractivity contribution in [3.63, 3.8) is 0 Å². The van der Waals surface area contributed by atoms with Crippen LogP contribution in [0.25, 0.3) is 22.1 Å². The predicted octanol–water partition coefficient (Wildman–Crippen LogP) is 5.44. The number of hydrogen-bond donors (Lipinski definition) is 1. The Labute approximate surface area is 177 Å². The molecule has 4 rings (SSSR count). The van der Waals surface area contributed by atoms with Crippen LogP contribution in [0.2, 0.25) is 5.02 Å². The van der Waals surface area contributed by atoms with Crippen LogP contribution in [-0.2, 0) is 4.79 Å². The van der Waals surface area contributed by atoms with E-state index in [4.69, 9.17) is 20.8 Å². The predicted molar refractivity (Wildman–Crippen MR) is 118 cm³/mol. The molecule has 0 aliphatic carbocycles. The van der Waals surface area contributed by atoms with Crippen molar-refractivity contribution >= 4 is 34.2 Å². The minimum atomic E-state index is -0.443. The number of nitrogens with one attached hydrogen (secondary N) is 1. The van der Waals surface area contributed by atoms with Gasteiger partial charge in [0, 0.05) is 27.7 Å². The van der Waals surface area contributed by atoms with Crippen LogP contribution in [0.1, 0.15) is 5.56 Å². The maximum Gasteiger partial charge on any atom is 0.336 e. The van der Waals surface area contributed by atoms with Crippen molar-refractivity contribution in [2.75, 3.05) is 11.9 Å². The second kappa shape index (κ2) is 8.43. The Morgan fingerprint density at radius 2 is 1.77 bits per heavy atom. The van der Waals surface area contributed by atoms with Gasteiger partial charge in [-0.3, -0.25) is 4.79 Å². The molecule has 0 spiro atoms. The summed E-state index contributed by atoms with van der Waals surface area (Å²) in [7, 11) is 0. The number of rotatable bonds is 5. The summed E-state index contributed by atoms with van der Waals surface area (Å²) in [6, 6.07) is 21.5. The van der Waals surface area contributed by atoms with E-state index in [2.05, 4.69) is 5.32 Å². The van der Waals surface area contributed by atoms with E-state index in [1.807, 2.05) is 36.4 Å². The summed E-state index contributed by atoms with van der Waals surface area (Å²) < 4.78 is 11.1. The van der Waals surface area contributed by atoms with Gasteiger partial charge in [-0.1, -0.05) is 41.9 Å². The molecule has 30 heavy (non-hydrogen) atoms. The molecule has 3 aromatic carbocycles. The molecule has 150 valence electrons. The van der Waals surface area contributed by atoms with Crippen molar-refractivity contribution in [2.24, 2.45) is 0 Å². The summed E-state index contributed by atoms with van der Waals surface area (Å²) in [6.07, 6.45) is 0. The fourth-order valence-corrected chi connectivity index (χ4v) is 3.36. The maximum atomic E-state index is 12.2. The monoisotopic (exact) mass is 419 g/mol. The van der Waals surface area contributed by atoms with E-state index in [-0.39, 0.29) is 12.5 Å². The molecule has 0 bridgehead atoms. The van der Waals surface area contributed by atoms with Gasteiger partial charge in [0.25, 0.3) is 5.91 Å². The summed E-state index contributed by atoms with van der Waals surface area (Å²) in [4.78, 5) is 24.3. The van der Waals surface area contributed by atoms with Gasteiger partial charge in [-0.15, -0.1) is 0 Å². The number of carbonyl (C=O) groups is 1. The fourth-order valence-electron chi connectivity index (χ4n) is 3.23. The molecule has 0 radical (unpaired) electrons. The molecule has 1 N–H and O–H groups in total. The van der Waals surface area contributed by atoms with Gasteiger partial charge in [-0.25, -0.2) is 4.79 Å². The highest BCUT2D eigenvalue weighted by Gasteiger charge is 2.14. The van der Waals surface area contributed by atoms with Crippen LogP contribution < -0.4 is 15.7 Å². The maximum absolute atomic E-state index is 12.2. The highest BCUT2D eigenvalue weighted by Crippen LogP contribution is 2.33. The first-order valence-electron chi connectivity index (χ1n) is 9.32. The Bertz CT molecular complexity index is 1260. The van der Waals surface area contributed by atoms with Gasteiger partial charge in [-0.05, 0) is 54.4 Å². The van der Waals surface area contributed by atoms with Crippen molar-refractivity contribution in [2.45, 2.75) is 6.92 Å². The molecule has 0 fully saturated rings. The molecule has 6 heteroatoms. The number of halogens is 1. The van der Waals surface area contributed by atoms with E-state index in [9.17, 15) is 9.59 Å². The van der Waals surface area contributed by atoms with Crippen LogP contribution in [0.5, 0.6) is 5.75 Å². The largest absolute Gasteiger partial charge is 0.483 e. The second-order valence-corrected chi connectivity index (χ2v) is 7.19. The first-order valence-corrected chi connectivity index (χ1v) is 9.70. The third kappa shape index (κ3) is 4.21. The van der Waals surface area contributed by atoms with E-state index in [0.29, 0.717) is 27.6 Å². The number of fused-ring (bicyclic) bond motifs is 1. The normalized spacial score (nSPS) is 10.7. The number of aryl methyl sites for hydroxylation is 1. The Hall–Kier alpha value is -3.57. The summed E-state index contributed by atoms with van der Waals surface area (Å²) in [5.74, 6) is 0.165. The first kappa shape index (κ1) is 19.7. The summed E-state index contributed by atoms with van der Waals surface area (Å²) in [5.41, 5.74) is 2.99.